The fraction of sp³-hybridized carbons (Fsp3) is 0.0667. The number of amides is 1. The molecule has 0 saturated heterocycles. The lowest BCUT2D eigenvalue weighted by Gasteiger charge is -2.20. The molecule has 0 aliphatic carbocycles. The number of ether oxygens (including phenoxy) is 2. The van der Waals surface area contributed by atoms with Gasteiger partial charge in [-0.05, 0) is 12.1 Å². The van der Waals surface area contributed by atoms with Crippen LogP contribution < -0.4 is 20.5 Å². The number of rotatable bonds is 2. The first kappa shape index (κ1) is 12.8. The molecular weight excluding hydrogens is 270 g/mol. The molecule has 2 aromatic carbocycles. The van der Waals surface area contributed by atoms with Crippen molar-refractivity contribution in [3.05, 3.63) is 42.0 Å². The molecule has 1 aliphatic heterocycles. The first-order valence-electron chi connectivity index (χ1n) is 6.20. The van der Waals surface area contributed by atoms with Gasteiger partial charge in [-0.25, -0.2) is 0 Å². The maximum Gasteiger partial charge on any atom is 0.262 e. The van der Waals surface area contributed by atoms with Crippen LogP contribution in [0, 0.1) is 11.3 Å². The standard InChI is InChI=1S/C15H11N3O3/c16-7-9-3-1-2-4-12(9)21-13-6-11-14(5-10(13)17)20-8-15(19)18-11/h1-6H,8,17H2,(H,18,19). The maximum absolute atomic E-state index is 11.3. The highest BCUT2D eigenvalue weighted by atomic mass is 16.5. The molecule has 0 radical (unpaired) electrons. The molecule has 0 fully saturated rings. The highest BCUT2D eigenvalue weighted by Crippen LogP contribution is 2.38. The minimum absolute atomic E-state index is 0.0378. The molecule has 0 spiro atoms. The zero-order valence-corrected chi connectivity index (χ0v) is 10.9. The average Bonchev–Trinajstić information content (AvgIpc) is 2.49. The Kier molecular flexibility index (Phi) is 3.09. The SMILES string of the molecule is N#Cc1ccccc1Oc1cc2c(cc1N)OCC(=O)N2. The van der Waals surface area contributed by atoms with Crippen molar-refractivity contribution < 1.29 is 14.3 Å². The van der Waals surface area contributed by atoms with E-state index in [4.69, 9.17) is 20.5 Å². The van der Waals surface area contributed by atoms with Gasteiger partial charge in [-0.2, -0.15) is 5.26 Å². The zero-order valence-electron chi connectivity index (χ0n) is 10.9. The average molecular weight is 281 g/mol. The second kappa shape index (κ2) is 5.06. The van der Waals surface area contributed by atoms with Crippen LogP contribution in [-0.2, 0) is 4.79 Å². The van der Waals surface area contributed by atoms with Crippen LogP contribution in [0.1, 0.15) is 5.56 Å². The lowest BCUT2D eigenvalue weighted by molar-refractivity contribution is -0.118. The molecule has 6 nitrogen and oxygen atoms in total. The Morgan fingerprint density at radius 2 is 2.10 bits per heavy atom. The van der Waals surface area contributed by atoms with Gasteiger partial charge >= 0.3 is 0 Å². The van der Waals surface area contributed by atoms with E-state index in [0.29, 0.717) is 34.2 Å². The van der Waals surface area contributed by atoms with Crippen molar-refractivity contribution in [1.82, 2.24) is 0 Å². The van der Waals surface area contributed by atoms with Crippen LogP contribution in [-0.4, -0.2) is 12.5 Å². The quantitative estimate of drug-likeness (QED) is 0.823. The summed E-state index contributed by atoms with van der Waals surface area (Å²) in [4.78, 5) is 11.3. The fourth-order valence-corrected chi connectivity index (χ4v) is 1.98. The van der Waals surface area contributed by atoms with Gasteiger partial charge in [0.15, 0.2) is 12.4 Å². The minimum atomic E-state index is -0.240. The predicted molar refractivity (Wildman–Crippen MR) is 76.2 cm³/mol. The maximum atomic E-state index is 11.3. The second-order valence-electron chi connectivity index (χ2n) is 4.43. The molecular formula is C15H11N3O3. The third kappa shape index (κ3) is 2.44. The van der Waals surface area contributed by atoms with E-state index in [-0.39, 0.29) is 12.5 Å². The van der Waals surface area contributed by atoms with Gasteiger partial charge in [-0.15, -0.1) is 0 Å². The van der Waals surface area contributed by atoms with Crippen molar-refractivity contribution in [1.29, 1.82) is 5.26 Å². The van der Waals surface area contributed by atoms with E-state index in [1.807, 2.05) is 6.07 Å². The third-order valence-electron chi connectivity index (χ3n) is 2.97. The van der Waals surface area contributed by atoms with E-state index in [2.05, 4.69) is 5.32 Å². The van der Waals surface area contributed by atoms with Gasteiger partial charge in [0.05, 0.1) is 16.9 Å². The van der Waals surface area contributed by atoms with Crippen LogP contribution in [0.2, 0.25) is 0 Å². The Morgan fingerprint density at radius 1 is 1.29 bits per heavy atom. The molecule has 0 bridgehead atoms. The Balaban J connectivity index is 1.98. The number of nitrogens with two attached hydrogens (primary N) is 1. The van der Waals surface area contributed by atoms with Gasteiger partial charge in [0.1, 0.15) is 17.6 Å². The van der Waals surface area contributed by atoms with E-state index in [0.717, 1.165) is 0 Å². The number of carbonyl (C=O) groups is 1. The molecule has 0 atom stereocenters. The molecule has 3 N–H and O–H groups in total. The van der Waals surface area contributed by atoms with Crippen molar-refractivity contribution in [2.45, 2.75) is 0 Å². The molecule has 1 heterocycles. The molecule has 3 rings (SSSR count). The summed E-state index contributed by atoms with van der Waals surface area (Å²) in [5.41, 5.74) is 7.17. The third-order valence-corrected chi connectivity index (χ3v) is 2.97. The number of benzene rings is 2. The number of nitrogens with one attached hydrogen (secondary N) is 1. The van der Waals surface area contributed by atoms with Crippen LogP contribution in [0.4, 0.5) is 11.4 Å². The highest BCUT2D eigenvalue weighted by molar-refractivity contribution is 5.96. The van der Waals surface area contributed by atoms with Crippen molar-refractivity contribution >= 4 is 17.3 Å². The van der Waals surface area contributed by atoms with E-state index in [1.165, 1.54) is 0 Å². The van der Waals surface area contributed by atoms with Gasteiger partial charge in [-0.3, -0.25) is 4.79 Å². The number of nitrogens with zero attached hydrogens (tertiary/aromatic N) is 1. The number of para-hydroxylation sites is 1. The van der Waals surface area contributed by atoms with Crippen molar-refractivity contribution in [3.63, 3.8) is 0 Å². The Morgan fingerprint density at radius 3 is 2.90 bits per heavy atom. The lowest BCUT2D eigenvalue weighted by atomic mass is 10.2. The van der Waals surface area contributed by atoms with Crippen molar-refractivity contribution in [2.75, 3.05) is 17.7 Å². The van der Waals surface area contributed by atoms with Crippen molar-refractivity contribution in [3.8, 4) is 23.3 Å². The number of nitriles is 1. The monoisotopic (exact) mass is 281 g/mol. The van der Waals surface area contributed by atoms with Gasteiger partial charge in [0, 0.05) is 12.1 Å². The summed E-state index contributed by atoms with van der Waals surface area (Å²) in [6, 6.07) is 12.0. The summed E-state index contributed by atoms with van der Waals surface area (Å²) < 4.78 is 10.9. The Labute approximate surface area is 120 Å². The Bertz CT molecular complexity index is 765. The second-order valence-corrected chi connectivity index (χ2v) is 4.43. The fourth-order valence-electron chi connectivity index (χ4n) is 1.98. The summed E-state index contributed by atoms with van der Waals surface area (Å²) in [6.07, 6.45) is 0. The molecule has 1 aliphatic rings. The van der Waals surface area contributed by atoms with E-state index in [9.17, 15) is 4.79 Å². The molecule has 0 saturated carbocycles. The van der Waals surface area contributed by atoms with Gasteiger partial charge in [-0.1, -0.05) is 12.1 Å². The largest absolute Gasteiger partial charge is 0.481 e. The molecule has 104 valence electrons. The highest BCUT2D eigenvalue weighted by Gasteiger charge is 2.19. The molecule has 21 heavy (non-hydrogen) atoms. The van der Waals surface area contributed by atoms with Gasteiger partial charge in [0.25, 0.3) is 5.91 Å². The molecule has 1 amide bonds. The number of carbonyl (C=O) groups excluding carboxylic acids is 1. The first-order valence-corrected chi connectivity index (χ1v) is 6.20. The van der Waals surface area contributed by atoms with Crippen LogP contribution in [0.25, 0.3) is 0 Å². The summed E-state index contributed by atoms with van der Waals surface area (Å²) in [6.45, 7) is -0.0378. The van der Waals surface area contributed by atoms with E-state index < -0.39 is 0 Å². The van der Waals surface area contributed by atoms with Crippen LogP contribution in [0.3, 0.4) is 0 Å². The normalized spacial score (nSPS) is 12.6. The topological polar surface area (TPSA) is 97.4 Å². The summed E-state index contributed by atoms with van der Waals surface area (Å²) in [5.74, 6) is 1.00. The summed E-state index contributed by atoms with van der Waals surface area (Å²) in [7, 11) is 0. The summed E-state index contributed by atoms with van der Waals surface area (Å²) in [5, 5.41) is 11.7. The molecule has 2 aromatic rings. The van der Waals surface area contributed by atoms with Crippen LogP contribution in [0.15, 0.2) is 36.4 Å². The van der Waals surface area contributed by atoms with Crippen molar-refractivity contribution in [2.24, 2.45) is 0 Å². The first-order chi connectivity index (χ1) is 10.2. The number of hydrogen-bond donors (Lipinski definition) is 2. The predicted octanol–water partition coefficient (Wildman–Crippen LogP) is 2.26. The van der Waals surface area contributed by atoms with Gasteiger partial charge < -0.3 is 20.5 Å². The lowest BCUT2D eigenvalue weighted by Crippen LogP contribution is -2.25. The van der Waals surface area contributed by atoms with E-state index in [1.54, 1.807) is 36.4 Å². The number of fused-ring (bicyclic) bond motifs is 1. The molecule has 6 heteroatoms. The molecule has 0 unspecified atom stereocenters. The number of hydrogen-bond acceptors (Lipinski definition) is 5. The van der Waals surface area contributed by atoms with Crippen LogP contribution in [0.5, 0.6) is 17.2 Å². The van der Waals surface area contributed by atoms with Gasteiger partial charge in [0.2, 0.25) is 0 Å². The number of nitrogen functional groups attached to an aromatic ring is 1. The summed E-state index contributed by atoms with van der Waals surface area (Å²) >= 11 is 0. The number of anilines is 2. The molecule has 0 aromatic heterocycles. The van der Waals surface area contributed by atoms with E-state index >= 15 is 0 Å². The zero-order chi connectivity index (χ0) is 14.8. The minimum Gasteiger partial charge on any atom is -0.481 e. The smallest absolute Gasteiger partial charge is 0.262 e. The Hall–Kier alpha value is -3.20. The van der Waals surface area contributed by atoms with Crippen LogP contribution >= 0.6 is 0 Å².